The van der Waals surface area contributed by atoms with Crippen LogP contribution in [-0.2, 0) is 23.0 Å². The Bertz CT molecular complexity index is 898. The van der Waals surface area contributed by atoms with Crippen molar-refractivity contribution in [3.8, 4) is 0 Å². The van der Waals surface area contributed by atoms with Gasteiger partial charge < -0.3 is 10.2 Å². The van der Waals surface area contributed by atoms with E-state index in [1.807, 2.05) is 6.07 Å². The normalized spacial score (nSPS) is 14.1. The average Bonchev–Trinajstić information content (AvgIpc) is 2.62. The standard InChI is InChI=1S/C17H18ClN3O3S/c1-19-25(23,24)16-7-2-12-8-9-21(11-13(12)10-16)17(22)20-15-5-3-14(18)4-6-15/h2-7,10,19H,8-9,11H2,1H3,(H,20,22). The second-order valence-electron chi connectivity index (χ2n) is 5.75. The SMILES string of the molecule is CNS(=O)(=O)c1ccc2c(c1)CN(C(=O)Nc1ccc(Cl)cc1)CC2. The first-order valence-corrected chi connectivity index (χ1v) is 9.62. The molecule has 0 saturated heterocycles. The number of halogens is 1. The predicted octanol–water partition coefficient (Wildman–Crippen LogP) is 2.84. The minimum absolute atomic E-state index is 0.203. The molecule has 0 saturated carbocycles. The number of anilines is 1. The number of nitrogens with one attached hydrogen (secondary N) is 2. The molecule has 0 radical (unpaired) electrons. The second-order valence-corrected chi connectivity index (χ2v) is 8.07. The van der Waals surface area contributed by atoms with E-state index in [1.54, 1.807) is 41.3 Å². The van der Waals surface area contributed by atoms with Crippen LogP contribution in [0.1, 0.15) is 11.1 Å². The van der Waals surface area contributed by atoms with Gasteiger partial charge >= 0.3 is 6.03 Å². The Morgan fingerprint density at radius 3 is 2.52 bits per heavy atom. The van der Waals surface area contributed by atoms with Crippen LogP contribution in [0.3, 0.4) is 0 Å². The summed E-state index contributed by atoms with van der Waals surface area (Å²) < 4.78 is 26.2. The number of rotatable bonds is 3. The fourth-order valence-electron chi connectivity index (χ4n) is 2.73. The van der Waals surface area contributed by atoms with Gasteiger partial charge in [-0.1, -0.05) is 17.7 Å². The van der Waals surface area contributed by atoms with Crippen LogP contribution in [-0.4, -0.2) is 32.9 Å². The van der Waals surface area contributed by atoms with Gasteiger partial charge in [-0.2, -0.15) is 0 Å². The van der Waals surface area contributed by atoms with Crippen LogP contribution in [0.2, 0.25) is 5.02 Å². The van der Waals surface area contributed by atoms with Gasteiger partial charge in [0.05, 0.1) is 4.90 Å². The molecule has 2 amide bonds. The smallest absolute Gasteiger partial charge is 0.320 e. The monoisotopic (exact) mass is 379 g/mol. The lowest BCUT2D eigenvalue weighted by Gasteiger charge is -2.29. The molecule has 1 heterocycles. The second kappa shape index (κ2) is 7.03. The summed E-state index contributed by atoms with van der Waals surface area (Å²) in [7, 11) is -2.13. The summed E-state index contributed by atoms with van der Waals surface area (Å²) in [6.45, 7) is 0.937. The van der Waals surface area contributed by atoms with Crippen molar-refractivity contribution in [1.82, 2.24) is 9.62 Å². The molecule has 0 unspecified atom stereocenters. The fourth-order valence-corrected chi connectivity index (χ4v) is 3.63. The number of hydrogen-bond donors (Lipinski definition) is 2. The zero-order chi connectivity index (χ0) is 18.0. The van der Waals surface area contributed by atoms with E-state index in [0.717, 1.165) is 11.1 Å². The maximum atomic E-state index is 12.5. The largest absolute Gasteiger partial charge is 0.322 e. The molecule has 25 heavy (non-hydrogen) atoms. The fraction of sp³-hybridized carbons (Fsp3) is 0.235. The number of benzene rings is 2. The summed E-state index contributed by atoms with van der Waals surface area (Å²) in [4.78, 5) is 14.3. The van der Waals surface area contributed by atoms with Crippen LogP contribution in [0.5, 0.6) is 0 Å². The summed E-state index contributed by atoms with van der Waals surface area (Å²) >= 11 is 5.84. The zero-order valence-electron chi connectivity index (χ0n) is 13.6. The van der Waals surface area contributed by atoms with E-state index in [4.69, 9.17) is 11.6 Å². The topological polar surface area (TPSA) is 78.5 Å². The molecular formula is C17H18ClN3O3S. The van der Waals surface area contributed by atoms with Crippen molar-refractivity contribution in [1.29, 1.82) is 0 Å². The molecule has 2 N–H and O–H groups in total. The van der Waals surface area contributed by atoms with E-state index in [-0.39, 0.29) is 10.9 Å². The molecule has 8 heteroatoms. The maximum absolute atomic E-state index is 12.5. The van der Waals surface area contributed by atoms with Crippen molar-refractivity contribution < 1.29 is 13.2 Å². The summed E-state index contributed by atoms with van der Waals surface area (Å²) in [6, 6.07) is 11.7. The lowest BCUT2D eigenvalue weighted by atomic mass is 10.0. The number of hydrogen-bond acceptors (Lipinski definition) is 3. The van der Waals surface area contributed by atoms with Gasteiger partial charge in [0.1, 0.15) is 0 Å². The highest BCUT2D eigenvalue weighted by Crippen LogP contribution is 2.23. The molecule has 0 bridgehead atoms. The highest BCUT2D eigenvalue weighted by atomic mass is 35.5. The highest BCUT2D eigenvalue weighted by molar-refractivity contribution is 7.89. The van der Waals surface area contributed by atoms with Crippen molar-refractivity contribution in [2.75, 3.05) is 18.9 Å². The van der Waals surface area contributed by atoms with Crippen LogP contribution >= 0.6 is 11.6 Å². The zero-order valence-corrected chi connectivity index (χ0v) is 15.2. The molecule has 6 nitrogen and oxygen atoms in total. The lowest BCUT2D eigenvalue weighted by molar-refractivity contribution is 0.206. The number of urea groups is 1. The van der Waals surface area contributed by atoms with E-state index >= 15 is 0 Å². The van der Waals surface area contributed by atoms with Crippen LogP contribution in [0.25, 0.3) is 0 Å². The molecule has 132 valence electrons. The Hall–Kier alpha value is -2.09. The minimum Gasteiger partial charge on any atom is -0.320 e. The summed E-state index contributed by atoms with van der Waals surface area (Å²) in [5.41, 5.74) is 2.56. The third-order valence-electron chi connectivity index (χ3n) is 4.15. The highest BCUT2D eigenvalue weighted by Gasteiger charge is 2.23. The lowest BCUT2D eigenvalue weighted by Crippen LogP contribution is -2.39. The number of amides is 2. The van der Waals surface area contributed by atoms with Crippen LogP contribution in [0, 0.1) is 0 Å². The third-order valence-corrected chi connectivity index (χ3v) is 5.82. The Morgan fingerprint density at radius 2 is 1.84 bits per heavy atom. The first kappa shape index (κ1) is 17.7. The number of fused-ring (bicyclic) bond motifs is 1. The average molecular weight is 380 g/mol. The Labute approximate surface area is 151 Å². The molecule has 0 fully saturated rings. The molecule has 0 aliphatic carbocycles. The summed E-state index contributed by atoms with van der Waals surface area (Å²) in [6.07, 6.45) is 0.684. The Balaban J connectivity index is 1.76. The van der Waals surface area contributed by atoms with Gasteiger partial charge in [0, 0.05) is 23.8 Å². The van der Waals surface area contributed by atoms with Crippen LogP contribution in [0.15, 0.2) is 47.4 Å². The van der Waals surface area contributed by atoms with Gasteiger partial charge in [-0.3, -0.25) is 0 Å². The summed E-state index contributed by atoms with van der Waals surface area (Å²) in [5.74, 6) is 0. The molecule has 1 aliphatic rings. The van der Waals surface area contributed by atoms with Crippen molar-refractivity contribution in [2.24, 2.45) is 0 Å². The maximum Gasteiger partial charge on any atom is 0.322 e. The molecular weight excluding hydrogens is 362 g/mol. The number of carbonyl (C=O) groups excluding carboxylic acids is 1. The predicted molar refractivity (Wildman–Crippen MR) is 97.3 cm³/mol. The number of sulfonamides is 1. The summed E-state index contributed by atoms with van der Waals surface area (Å²) in [5, 5.41) is 3.42. The van der Waals surface area contributed by atoms with E-state index in [1.165, 1.54) is 7.05 Å². The minimum atomic E-state index is -3.50. The van der Waals surface area contributed by atoms with E-state index in [0.29, 0.717) is 30.2 Å². The van der Waals surface area contributed by atoms with Crippen molar-refractivity contribution in [3.05, 3.63) is 58.6 Å². The van der Waals surface area contributed by atoms with Gasteiger partial charge in [-0.25, -0.2) is 17.9 Å². The van der Waals surface area contributed by atoms with Gasteiger partial charge in [-0.15, -0.1) is 0 Å². The molecule has 2 aromatic rings. The van der Waals surface area contributed by atoms with Gasteiger partial charge in [0.2, 0.25) is 10.0 Å². The van der Waals surface area contributed by atoms with E-state index in [2.05, 4.69) is 10.0 Å². The number of nitrogens with zero attached hydrogens (tertiary/aromatic N) is 1. The van der Waals surface area contributed by atoms with E-state index < -0.39 is 10.0 Å². The van der Waals surface area contributed by atoms with Gasteiger partial charge in [0.15, 0.2) is 0 Å². The van der Waals surface area contributed by atoms with E-state index in [9.17, 15) is 13.2 Å². The van der Waals surface area contributed by atoms with Gasteiger partial charge in [-0.05, 0) is 61.0 Å². The molecule has 2 aromatic carbocycles. The first-order valence-electron chi connectivity index (χ1n) is 7.76. The molecule has 0 atom stereocenters. The first-order chi connectivity index (χ1) is 11.9. The van der Waals surface area contributed by atoms with Crippen LogP contribution in [0.4, 0.5) is 10.5 Å². The molecule has 1 aliphatic heterocycles. The van der Waals surface area contributed by atoms with Crippen molar-refractivity contribution in [3.63, 3.8) is 0 Å². The quantitative estimate of drug-likeness (QED) is 0.860. The third kappa shape index (κ3) is 3.95. The van der Waals surface area contributed by atoms with Crippen molar-refractivity contribution >= 4 is 33.3 Å². The molecule has 0 aromatic heterocycles. The molecule has 3 rings (SSSR count). The van der Waals surface area contributed by atoms with Crippen LogP contribution < -0.4 is 10.0 Å². The molecule has 0 spiro atoms. The van der Waals surface area contributed by atoms with Crippen molar-refractivity contribution in [2.45, 2.75) is 17.9 Å². The Morgan fingerprint density at radius 1 is 1.12 bits per heavy atom. The van der Waals surface area contributed by atoms with Gasteiger partial charge in [0.25, 0.3) is 0 Å². The Kier molecular flexibility index (Phi) is 4.99. The number of carbonyl (C=O) groups is 1.